The maximum Gasteiger partial charge on any atom is 0.410 e. The lowest BCUT2D eigenvalue weighted by Crippen LogP contribution is -2.58. The van der Waals surface area contributed by atoms with Crippen molar-refractivity contribution in [1.29, 1.82) is 0 Å². The van der Waals surface area contributed by atoms with Crippen LogP contribution in [0.2, 0.25) is 0 Å². The van der Waals surface area contributed by atoms with Gasteiger partial charge in [-0.3, -0.25) is 4.79 Å². The molecule has 1 saturated carbocycles. The quantitative estimate of drug-likeness (QED) is 0.716. The summed E-state index contributed by atoms with van der Waals surface area (Å²) in [5.41, 5.74) is -2.29. The molecule has 0 spiro atoms. The van der Waals surface area contributed by atoms with Gasteiger partial charge in [0.1, 0.15) is 5.60 Å². The van der Waals surface area contributed by atoms with E-state index in [1.54, 1.807) is 18.7 Å². The Bertz CT molecular complexity index is 633. The average molecular weight is 425 g/mol. The number of ether oxygens (including phenoxy) is 1. The standard InChI is InChI=1S/C24H44N2O4/c1-21(2,3)30-20(28)25-15-12-18(16-25)26(17-10-13-22(4,5)14-11-17)19(27)23(6,7)24(8,9)29/h17-18,29H,10-16H2,1-9H3/t18-/m0/s1. The van der Waals surface area contributed by atoms with E-state index in [1.807, 2.05) is 39.5 Å². The van der Waals surface area contributed by atoms with Crippen LogP contribution >= 0.6 is 0 Å². The van der Waals surface area contributed by atoms with E-state index in [0.717, 1.165) is 32.1 Å². The van der Waals surface area contributed by atoms with Crippen molar-refractivity contribution in [2.24, 2.45) is 10.8 Å². The van der Waals surface area contributed by atoms with E-state index in [1.165, 1.54) is 0 Å². The van der Waals surface area contributed by atoms with Crippen LogP contribution in [0.3, 0.4) is 0 Å². The first-order chi connectivity index (χ1) is 13.4. The average Bonchev–Trinajstić information content (AvgIpc) is 3.03. The summed E-state index contributed by atoms with van der Waals surface area (Å²) >= 11 is 0. The molecule has 2 rings (SSSR count). The van der Waals surface area contributed by atoms with Gasteiger partial charge in [-0.25, -0.2) is 4.79 Å². The van der Waals surface area contributed by atoms with E-state index >= 15 is 0 Å². The third-order valence-corrected chi connectivity index (χ3v) is 7.21. The van der Waals surface area contributed by atoms with Gasteiger partial charge in [0.25, 0.3) is 0 Å². The molecule has 1 N–H and O–H groups in total. The maximum atomic E-state index is 13.8. The highest BCUT2D eigenvalue weighted by atomic mass is 16.6. The van der Waals surface area contributed by atoms with Gasteiger partial charge >= 0.3 is 6.09 Å². The normalized spacial score (nSPS) is 23.4. The highest BCUT2D eigenvalue weighted by Crippen LogP contribution is 2.41. The Morgan fingerprint density at radius 1 is 0.967 bits per heavy atom. The van der Waals surface area contributed by atoms with Crippen LogP contribution in [0.1, 0.15) is 94.4 Å². The van der Waals surface area contributed by atoms with Crippen LogP contribution in [0, 0.1) is 10.8 Å². The third-order valence-electron chi connectivity index (χ3n) is 7.21. The summed E-state index contributed by atoms with van der Waals surface area (Å²) in [4.78, 5) is 30.1. The number of rotatable bonds is 4. The molecule has 6 nitrogen and oxygen atoms in total. The molecule has 1 atom stereocenters. The van der Waals surface area contributed by atoms with Crippen LogP contribution in [0.25, 0.3) is 0 Å². The van der Waals surface area contributed by atoms with Gasteiger partial charge in [0.05, 0.1) is 17.1 Å². The van der Waals surface area contributed by atoms with Gasteiger partial charge in [-0.2, -0.15) is 0 Å². The van der Waals surface area contributed by atoms with E-state index < -0.39 is 16.6 Å². The Hall–Kier alpha value is -1.30. The number of nitrogens with zero attached hydrogens (tertiary/aromatic N) is 2. The summed E-state index contributed by atoms with van der Waals surface area (Å²) in [6, 6.07) is 0.105. The molecule has 1 aliphatic heterocycles. The largest absolute Gasteiger partial charge is 0.444 e. The van der Waals surface area contributed by atoms with Crippen molar-refractivity contribution < 1.29 is 19.4 Å². The lowest BCUT2D eigenvalue weighted by Gasteiger charge is -2.47. The second-order valence-corrected chi connectivity index (χ2v) is 12.2. The van der Waals surface area contributed by atoms with Gasteiger partial charge in [-0.05, 0) is 86.0 Å². The molecule has 1 heterocycles. The fourth-order valence-corrected chi connectivity index (χ4v) is 4.34. The molecular formula is C24H44N2O4. The molecule has 30 heavy (non-hydrogen) atoms. The molecular weight excluding hydrogens is 380 g/mol. The van der Waals surface area contributed by atoms with Gasteiger partial charge in [0.15, 0.2) is 0 Å². The van der Waals surface area contributed by atoms with Gasteiger partial charge < -0.3 is 19.6 Å². The molecule has 2 amide bonds. The first kappa shape index (κ1) is 25.0. The monoisotopic (exact) mass is 424 g/mol. The van der Waals surface area contributed by atoms with Crippen LogP contribution in [-0.4, -0.2) is 63.3 Å². The second-order valence-electron chi connectivity index (χ2n) is 12.2. The molecule has 0 aromatic carbocycles. The molecule has 1 saturated heterocycles. The van der Waals surface area contributed by atoms with Crippen molar-refractivity contribution in [2.75, 3.05) is 13.1 Å². The molecule has 2 aliphatic rings. The maximum absolute atomic E-state index is 13.8. The number of carbonyl (C=O) groups excluding carboxylic acids is 2. The predicted octanol–water partition coefficient (Wildman–Crippen LogP) is 4.59. The van der Waals surface area contributed by atoms with Crippen LogP contribution in [0.4, 0.5) is 4.79 Å². The molecule has 1 aliphatic carbocycles. The topological polar surface area (TPSA) is 70.1 Å². The Kier molecular flexibility index (Phi) is 6.93. The molecule has 0 radical (unpaired) electrons. The van der Waals surface area contributed by atoms with E-state index in [4.69, 9.17) is 4.74 Å². The first-order valence-corrected chi connectivity index (χ1v) is 11.5. The highest BCUT2D eigenvalue weighted by molar-refractivity contribution is 5.84. The van der Waals surface area contributed by atoms with Crippen molar-refractivity contribution in [3.63, 3.8) is 0 Å². The Balaban J connectivity index is 2.25. The fourth-order valence-electron chi connectivity index (χ4n) is 4.34. The number of carbonyl (C=O) groups is 2. The number of hydrogen-bond acceptors (Lipinski definition) is 4. The Morgan fingerprint density at radius 3 is 1.97 bits per heavy atom. The first-order valence-electron chi connectivity index (χ1n) is 11.5. The summed E-state index contributed by atoms with van der Waals surface area (Å²) in [6.45, 7) is 18.3. The Morgan fingerprint density at radius 2 is 1.50 bits per heavy atom. The Labute approximate surface area is 183 Å². The van der Waals surface area contributed by atoms with Gasteiger partial charge in [0, 0.05) is 19.1 Å². The zero-order valence-corrected chi connectivity index (χ0v) is 20.7. The number of aliphatic hydroxyl groups is 1. The summed E-state index contributed by atoms with van der Waals surface area (Å²) < 4.78 is 5.55. The van der Waals surface area contributed by atoms with Crippen LogP contribution in [0.15, 0.2) is 0 Å². The molecule has 0 bridgehead atoms. The summed E-state index contributed by atoms with van der Waals surface area (Å²) in [5, 5.41) is 10.7. The van der Waals surface area contributed by atoms with Crippen LogP contribution < -0.4 is 0 Å². The third kappa shape index (κ3) is 5.68. The van der Waals surface area contributed by atoms with Gasteiger partial charge in [0.2, 0.25) is 5.91 Å². The molecule has 174 valence electrons. The van der Waals surface area contributed by atoms with Crippen molar-refractivity contribution in [3.05, 3.63) is 0 Å². The summed E-state index contributed by atoms with van der Waals surface area (Å²) in [6.07, 6.45) is 4.50. The van der Waals surface area contributed by atoms with Crippen molar-refractivity contribution >= 4 is 12.0 Å². The molecule has 0 aromatic heterocycles. The lowest BCUT2D eigenvalue weighted by molar-refractivity contribution is -0.160. The second kappa shape index (κ2) is 8.33. The number of amides is 2. The summed E-state index contributed by atoms with van der Waals surface area (Å²) in [5.74, 6) is -0.0178. The van der Waals surface area contributed by atoms with E-state index in [0.29, 0.717) is 18.5 Å². The molecule has 0 unspecified atom stereocenters. The van der Waals surface area contributed by atoms with E-state index in [-0.39, 0.29) is 24.1 Å². The van der Waals surface area contributed by atoms with E-state index in [9.17, 15) is 14.7 Å². The predicted molar refractivity (Wildman–Crippen MR) is 119 cm³/mol. The van der Waals surface area contributed by atoms with Crippen LogP contribution in [0.5, 0.6) is 0 Å². The summed E-state index contributed by atoms with van der Waals surface area (Å²) in [7, 11) is 0. The van der Waals surface area contributed by atoms with Crippen molar-refractivity contribution in [2.45, 2.75) is 118 Å². The van der Waals surface area contributed by atoms with Crippen molar-refractivity contribution in [3.8, 4) is 0 Å². The fraction of sp³-hybridized carbons (Fsp3) is 0.917. The zero-order valence-electron chi connectivity index (χ0n) is 20.7. The smallest absolute Gasteiger partial charge is 0.410 e. The number of likely N-dealkylation sites (tertiary alicyclic amines) is 1. The minimum absolute atomic E-state index is 0.0178. The zero-order chi connectivity index (χ0) is 23.1. The molecule has 2 fully saturated rings. The minimum atomic E-state index is -1.14. The minimum Gasteiger partial charge on any atom is -0.444 e. The SMILES string of the molecule is CC1(C)CCC(N(C(=O)C(C)(C)C(C)(C)O)[C@H]2CCN(C(=O)OC(C)(C)C)C2)CC1. The van der Waals surface area contributed by atoms with Gasteiger partial charge in [-0.1, -0.05) is 13.8 Å². The van der Waals surface area contributed by atoms with E-state index in [2.05, 4.69) is 13.8 Å². The molecule has 6 heteroatoms. The van der Waals surface area contributed by atoms with Crippen LogP contribution in [-0.2, 0) is 9.53 Å². The van der Waals surface area contributed by atoms with Gasteiger partial charge in [-0.15, -0.1) is 0 Å². The highest BCUT2D eigenvalue weighted by Gasteiger charge is 2.49. The van der Waals surface area contributed by atoms with Crippen molar-refractivity contribution in [1.82, 2.24) is 9.80 Å². The number of hydrogen-bond donors (Lipinski definition) is 1. The molecule has 0 aromatic rings. The lowest BCUT2D eigenvalue weighted by atomic mass is 9.72.